The highest BCUT2D eigenvalue weighted by atomic mass is 16.6. The zero-order valence-electron chi connectivity index (χ0n) is 13.1. The third kappa shape index (κ3) is 12.0. The van der Waals surface area contributed by atoms with E-state index in [2.05, 4.69) is 12.2 Å². The van der Waals surface area contributed by atoms with E-state index in [9.17, 15) is 4.79 Å². The van der Waals surface area contributed by atoms with Gasteiger partial charge in [0.15, 0.2) is 0 Å². The van der Waals surface area contributed by atoms with Gasteiger partial charge in [0.25, 0.3) is 0 Å². The van der Waals surface area contributed by atoms with E-state index in [1.807, 2.05) is 20.8 Å². The number of carbonyl (C=O) groups is 1. The zero-order valence-corrected chi connectivity index (χ0v) is 13.1. The Morgan fingerprint density at radius 3 is 2.21 bits per heavy atom. The van der Waals surface area contributed by atoms with Crippen molar-refractivity contribution >= 4 is 6.09 Å². The largest absolute Gasteiger partial charge is 0.444 e. The highest BCUT2D eigenvalue weighted by Gasteiger charge is 2.19. The Balaban J connectivity index is 4.11. The standard InChI is InChI=1S/C15H32N2O2/c1-5-6-7-10-13(11-8-9-12-16)17-14(18)19-15(2,3)4/h13H,5-12,16H2,1-4H3,(H,17,18). The van der Waals surface area contributed by atoms with E-state index in [4.69, 9.17) is 10.5 Å². The molecule has 0 radical (unpaired) electrons. The van der Waals surface area contributed by atoms with Crippen LogP contribution in [0, 0.1) is 0 Å². The number of carbonyl (C=O) groups excluding carboxylic acids is 1. The maximum Gasteiger partial charge on any atom is 0.407 e. The molecule has 0 fully saturated rings. The predicted octanol–water partition coefficient (Wildman–Crippen LogP) is 3.59. The summed E-state index contributed by atoms with van der Waals surface area (Å²) in [7, 11) is 0. The number of hydrogen-bond donors (Lipinski definition) is 2. The molecule has 19 heavy (non-hydrogen) atoms. The zero-order chi connectivity index (χ0) is 14.7. The van der Waals surface area contributed by atoms with Crippen LogP contribution in [-0.4, -0.2) is 24.3 Å². The van der Waals surface area contributed by atoms with Crippen molar-refractivity contribution in [2.24, 2.45) is 5.73 Å². The van der Waals surface area contributed by atoms with Crippen LogP contribution in [0.15, 0.2) is 0 Å². The average Bonchev–Trinajstić information content (AvgIpc) is 2.26. The van der Waals surface area contributed by atoms with Gasteiger partial charge >= 0.3 is 6.09 Å². The Kier molecular flexibility index (Phi) is 9.66. The predicted molar refractivity (Wildman–Crippen MR) is 80.2 cm³/mol. The number of ether oxygens (including phenoxy) is 1. The Bertz CT molecular complexity index is 227. The summed E-state index contributed by atoms with van der Waals surface area (Å²) in [5.74, 6) is 0. The maximum atomic E-state index is 11.8. The fourth-order valence-corrected chi connectivity index (χ4v) is 1.94. The number of rotatable bonds is 9. The van der Waals surface area contributed by atoms with Crippen molar-refractivity contribution in [2.75, 3.05) is 6.54 Å². The van der Waals surface area contributed by atoms with Gasteiger partial charge in [-0.15, -0.1) is 0 Å². The molecule has 1 amide bonds. The molecular formula is C15H32N2O2. The van der Waals surface area contributed by atoms with E-state index in [0.29, 0.717) is 6.54 Å². The quantitative estimate of drug-likeness (QED) is 0.630. The molecule has 0 aliphatic carbocycles. The summed E-state index contributed by atoms with van der Waals surface area (Å²) in [6.07, 6.45) is 7.34. The smallest absolute Gasteiger partial charge is 0.407 e. The molecule has 1 unspecified atom stereocenters. The fourth-order valence-electron chi connectivity index (χ4n) is 1.94. The van der Waals surface area contributed by atoms with Crippen molar-refractivity contribution in [1.29, 1.82) is 0 Å². The summed E-state index contributed by atoms with van der Waals surface area (Å²) in [5, 5.41) is 2.99. The summed E-state index contributed by atoms with van der Waals surface area (Å²) in [4.78, 5) is 11.8. The SMILES string of the molecule is CCCCCC(CCCCN)NC(=O)OC(C)(C)C. The van der Waals surface area contributed by atoms with Gasteiger partial charge in [0, 0.05) is 6.04 Å². The summed E-state index contributed by atoms with van der Waals surface area (Å²) in [5.41, 5.74) is 5.07. The van der Waals surface area contributed by atoms with E-state index in [1.54, 1.807) is 0 Å². The molecule has 0 aliphatic rings. The molecule has 0 aromatic heterocycles. The van der Waals surface area contributed by atoms with Crippen molar-refractivity contribution in [3.05, 3.63) is 0 Å². The van der Waals surface area contributed by atoms with Crippen LogP contribution in [0.5, 0.6) is 0 Å². The molecule has 0 aromatic carbocycles. The molecule has 3 N–H and O–H groups in total. The Morgan fingerprint density at radius 2 is 1.74 bits per heavy atom. The average molecular weight is 272 g/mol. The van der Waals surface area contributed by atoms with Crippen LogP contribution in [-0.2, 0) is 4.74 Å². The van der Waals surface area contributed by atoms with Gasteiger partial charge < -0.3 is 15.8 Å². The molecule has 0 bridgehead atoms. The van der Waals surface area contributed by atoms with E-state index in [0.717, 1.165) is 32.1 Å². The molecule has 0 spiro atoms. The molecule has 4 nitrogen and oxygen atoms in total. The molecule has 0 aromatic rings. The molecule has 114 valence electrons. The first-order chi connectivity index (χ1) is 8.89. The van der Waals surface area contributed by atoms with Gasteiger partial charge in [-0.2, -0.15) is 0 Å². The molecule has 0 heterocycles. The van der Waals surface area contributed by atoms with E-state index >= 15 is 0 Å². The second-order valence-corrected chi connectivity index (χ2v) is 6.12. The van der Waals surface area contributed by atoms with Gasteiger partial charge in [0.1, 0.15) is 5.60 Å². The van der Waals surface area contributed by atoms with Crippen LogP contribution in [0.2, 0.25) is 0 Å². The number of nitrogens with one attached hydrogen (secondary N) is 1. The number of nitrogens with two attached hydrogens (primary N) is 1. The normalized spacial score (nSPS) is 13.1. The lowest BCUT2D eigenvalue weighted by molar-refractivity contribution is 0.0498. The van der Waals surface area contributed by atoms with E-state index in [1.165, 1.54) is 12.8 Å². The molecular weight excluding hydrogens is 240 g/mol. The lowest BCUT2D eigenvalue weighted by atomic mass is 10.0. The van der Waals surface area contributed by atoms with Crippen LogP contribution in [0.1, 0.15) is 72.6 Å². The monoisotopic (exact) mass is 272 g/mol. The lowest BCUT2D eigenvalue weighted by Crippen LogP contribution is -2.39. The third-order valence-corrected chi connectivity index (χ3v) is 2.88. The molecule has 0 saturated heterocycles. The minimum absolute atomic E-state index is 0.216. The van der Waals surface area contributed by atoms with Gasteiger partial charge in [-0.25, -0.2) is 4.79 Å². The minimum atomic E-state index is -0.435. The second kappa shape index (κ2) is 10.1. The van der Waals surface area contributed by atoms with E-state index < -0.39 is 5.60 Å². The highest BCUT2D eigenvalue weighted by Crippen LogP contribution is 2.12. The van der Waals surface area contributed by atoms with Gasteiger partial charge in [-0.05, 0) is 46.6 Å². The first-order valence-electron chi connectivity index (χ1n) is 7.58. The minimum Gasteiger partial charge on any atom is -0.444 e. The molecule has 1 atom stereocenters. The van der Waals surface area contributed by atoms with Crippen LogP contribution >= 0.6 is 0 Å². The van der Waals surface area contributed by atoms with Gasteiger partial charge in [-0.1, -0.05) is 32.6 Å². The summed E-state index contributed by atoms with van der Waals surface area (Å²) >= 11 is 0. The Morgan fingerprint density at radius 1 is 1.16 bits per heavy atom. The molecule has 0 rings (SSSR count). The van der Waals surface area contributed by atoms with Crippen LogP contribution in [0.3, 0.4) is 0 Å². The molecule has 4 heteroatoms. The first kappa shape index (κ1) is 18.2. The van der Waals surface area contributed by atoms with Crippen molar-refractivity contribution < 1.29 is 9.53 Å². The Labute approximate surface area is 118 Å². The van der Waals surface area contributed by atoms with Gasteiger partial charge in [0.05, 0.1) is 0 Å². The topological polar surface area (TPSA) is 64.3 Å². The number of alkyl carbamates (subject to hydrolysis) is 1. The van der Waals surface area contributed by atoms with Crippen molar-refractivity contribution in [3.63, 3.8) is 0 Å². The molecule has 0 aliphatic heterocycles. The Hall–Kier alpha value is -0.770. The third-order valence-electron chi connectivity index (χ3n) is 2.88. The number of hydrogen-bond acceptors (Lipinski definition) is 3. The number of unbranched alkanes of at least 4 members (excludes halogenated alkanes) is 3. The van der Waals surface area contributed by atoms with Crippen LogP contribution < -0.4 is 11.1 Å². The first-order valence-corrected chi connectivity index (χ1v) is 7.58. The lowest BCUT2D eigenvalue weighted by Gasteiger charge is -2.23. The summed E-state index contributed by atoms with van der Waals surface area (Å²) in [6.45, 7) is 8.55. The number of amides is 1. The van der Waals surface area contributed by atoms with Gasteiger partial charge in [-0.3, -0.25) is 0 Å². The fraction of sp³-hybridized carbons (Fsp3) is 0.933. The van der Waals surface area contributed by atoms with E-state index in [-0.39, 0.29) is 12.1 Å². The van der Waals surface area contributed by atoms with Crippen molar-refractivity contribution in [1.82, 2.24) is 5.32 Å². The summed E-state index contributed by atoms with van der Waals surface area (Å²) < 4.78 is 5.31. The van der Waals surface area contributed by atoms with Crippen LogP contribution in [0.4, 0.5) is 4.79 Å². The summed E-state index contributed by atoms with van der Waals surface area (Å²) in [6, 6.07) is 0.216. The second-order valence-electron chi connectivity index (χ2n) is 6.12. The van der Waals surface area contributed by atoms with Crippen molar-refractivity contribution in [3.8, 4) is 0 Å². The highest BCUT2D eigenvalue weighted by molar-refractivity contribution is 5.68. The molecule has 0 saturated carbocycles. The van der Waals surface area contributed by atoms with Gasteiger partial charge in [0.2, 0.25) is 0 Å². The maximum absolute atomic E-state index is 11.8. The van der Waals surface area contributed by atoms with Crippen molar-refractivity contribution in [2.45, 2.75) is 84.3 Å². The van der Waals surface area contributed by atoms with Crippen LogP contribution in [0.25, 0.3) is 0 Å².